The van der Waals surface area contributed by atoms with Gasteiger partial charge in [-0.2, -0.15) is 0 Å². The van der Waals surface area contributed by atoms with Gasteiger partial charge in [0.1, 0.15) is 0 Å². The quantitative estimate of drug-likeness (QED) is 0.266. The molecule has 0 fully saturated rings. The van der Waals surface area contributed by atoms with Crippen molar-refractivity contribution >= 4 is 26.8 Å². The van der Waals surface area contributed by atoms with E-state index in [-0.39, 0.29) is 26.5 Å². The van der Waals surface area contributed by atoms with Crippen LogP contribution in [-0.4, -0.2) is 50.2 Å². The molecule has 1 atom stereocenters. The van der Waals surface area contributed by atoms with Crippen molar-refractivity contribution in [3.05, 3.63) is 0 Å². The average molecular weight is 373 g/mol. The van der Waals surface area contributed by atoms with E-state index in [1.165, 1.54) is 0 Å². The summed E-state index contributed by atoms with van der Waals surface area (Å²) in [6.45, 7) is 0.549. The Hall–Kier alpha value is -1.42. The van der Waals surface area contributed by atoms with Crippen LogP contribution >= 0.6 is 0 Å². The standard InChI is InChI=1S/C14H22N4O3Se/c1-2-3-6-14(17-18-14)7-8-16-12(19)5-10-22-9-4-11(15)13(20)21/h1,11H,3-10,15H2,(H,16,19)(H,20,21)/t11-/m0/s1. The fraction of sp³-hybridized carbons (Fsp3) is 0.714. The number of carboxylic acids is 1. The van der Waals surface area contributed by atoms with Crippen molar-refractivity contribution < 1.29 is 14.7 Å². The molecule has 8 heteroatoms. The van der Waals surface area contributed by atoms with Crippen LogP contribution in [0.4, 0.5) is 0 Å². The van der Waals surface area contributed by atoms with E-state index in [0.717, 1.165) is 17.1 Å². The van der Waals surface area contributed by atoms with Crippen LogP contribution in [0.3, 0.4) is 0 Å². The number of aliphatic carboxylic acids is 1. The summed E-state index contributed by atoms with van der Waals surface area (Å²) in [5.74, 6) is 1.61. The van der Waals surface area contributed by atoms with Gasteiger partial charge in [0.2, 0.25) is 0 Å². The molecular formula is C14H22N4O3Se. The number of hydrogen-bond acceptors (Lipinski definition) is 5. The Morgan fingerprint density at radius 2 is 2.09 bits per heavy atom. The number of amides is 1. The summed E-state index contributed by atoms with van der Waals surface area (Å²) in [5.41, 5.74) is 5.06. The van der Waals surface area contributed by atoms with Gasteiger partial charge in [-0.05, 0) is 0 Å². The molecule has 0 saturated carbocycles. The Balaban J connectivity index is 1.98. The first-order chi connectivity index (χ1) is 10.5. The Morgan fingerprint density at radius 1 is 1.36 bits per heavy atom. The Kier molecular flexibility index (Phi) is 8.10. The van der Waals surface area contributed by atoms with E-state index in [0.29, 0.717) is 32.2 Å². The topological polar surface area (TPSA) is 117 Å². The first kappa shape index (κ1) is 18.6. The molecule has 0 aromatic heterocycles. The summed E-state index contributed by atoms with van der Waals surface area (Å²) in [6, 6.07) is -0.791. The van der Waals surface area contributed by atoms with Gasteiger partial charge >= 0.3 is 136 Å². The number of nitrogens with one attached hydrogen (secondary N) is 1. The van der Waals surface area contributed by atoms with E-state index in [4.69, 9.17) is 17.3 Å². The van der Waals surface area contributed by atoms with E-state index < -0.39 is 12.0 Å². The fourth-order valence-corrected chi connectivity index (χ4v) is 3.76. The van der Waals surface area contributed by atoms with Gasteiger partial charge in [-0.1, -0.05) is 0 Å². The summed E-state index contributed by atoms with van der Waals surface area (Å²) in [4.78, 5) is 22.2. The van der Waals surface area contributed by atoms with E-state index >= 15 is 0 Å². The molecule has 0 radical (unpaired) electrons. The molecule has 0 aromatic carbocycles. The number of carboxylic acid groups (broad SMARTS) is 1. The van der Waals surface area contributed by atoms with Crippen LogP contribution in [0.25, 0.3) is 0 Å². The molecule has 0 spiro atoms. The summed E-state index contributed by atoms with van der Waals surface area (Å²) in [5, 5.41) is 21.1. The maximum absolute atomic E-state index is 11.7. The predicted octanol–water partition coefficient (Wildman–Crippen LogP) is 0.801. The van der Waals surface area contributed by atoms with Gasteiger partial charge in [-0.25, -0.2) is 0 Å². The molecule has 1 amide bonds. The van der Waals surface area contributed by atoms with Gasteiger partial charge in [-0.15, -0.1) is 0 Å². The zero-order chi connectivity index (χ0) is 16.4. The third kappa shape index (κ3) is 7.55. The number of rotatable bonds is 12. The SMILES string of the molecule is C#CCCC1(CCNC(=O)CC[Se]CC[C@H](N)C(=O)O)N=N1. The minimum absolute atomic E-state index is 0.0113. The second kappa shape index (κ2) is 9.57. The van der Waals surface area contributed by atoms with Crippen LogP contribution in [0.2, 0.25) is 10.6 Å². The summed E-state index contributed by atoms with van der Waals surface area (Å²) >= 11 is 0.250. The average Bonchev–Trinajstić information content (AvgIpc) is 3.24. The molecule has 7 nitrogen and oxygen atoms in total. The van der Waals surface area contributed by atoms with Crippen molar-refractivity contribution in [3.8, 4) is 12.3 Å². The van der Waals surface area contributed by atoms with Crippen LogP contribution in [0.15, 0.2) is 10.2 Å². The van der Waals surface area contributed by atoms with E-state index in [1.54, 1.807) is 0 Å². The van der Waals surface area contributed by atoms with Gasteiger partial charge < -0.3 is 0 Å². The molecule has 0 bridgehead atoms. The molecule has 4 N–H and O–H groups in total. The number of nitrogens with two attached hydrogens (primary N) is 1. The number of nitrogens with zero attached hydrogens (tertiary/aromatic N) is 2. The minimum atomic E-state index is -0.969. The van der Waals surface area contributed by atoms with Gasteiger partial charge in [0.25, 0.3) is 0 Å². The van der Waals surface area contributed by atoms with Gasteiger partial charge in [-0.3, -0.25) is 0 Å². The molecular weight excluding hydrogens is 351 g/mol. The van der Waals surface area contributed by atoms with Crippen molar-refractivity contribution in [3.63, 3.8) is 0 Å². The first-order valence-electron chi connectivity index (χ1n) is 7.19. The first-order valence-corrected chi connectivity index (χ1v) is 9.62. The Labute approximate surface area is 136 Å². The number of hydrogen-bond donors (Lipinski definition) is 3. The number of carbonyl (C=O) groups excluding carboxylic acids is 1. The van der Waals surface area contributed by atoms with Gasteiger partial charge in [0.05, 0.1) is 0 Å². The van der Waals surface area contributed by atoms with Crippen LogP contribution in [0, 0.1) is 12.3 Å². The van der Waals surface area contributed by atoms with Crippen molar-refractivity contribution in [1.82, 2.24) is 5.32 Å². The molecule has 122 valence electrons. The molecule has 1 aliphatic rings. The van der Waals surface area contributed by atoms with Crippen LogP contribution in [0.1, 0.15) is 32.1 Å². The van der Waals surface area contributed by atoms with E-state index in [1.807, 2.05) is 0 Å². The van der Waals surface area contributed by atoms with Crippen molar-refractivity contribution in [2.24, 2.45) is 16.0 Å². The maximum atomic E-state index is 11.7. The molecule has 1 aliphatic heterocycles. The predicted molar refractivity (Wildman–Crippen MR) is 83.5 cm³/mol. The molecule has 0 saturated heterocycles. The summed E-state index contributed by atoms with van der Waals surface area (Å²) in [6.07, 6.45) is 8.23. The summed E-state index contributed by atoms with van der Waals surface area (Å²) < 4.78 is 0. The molecule has 0 aromatic rings. The molecule has 22 heavy (non-hydrogen) atoms. The van der Waals surface area contributed by atoms with E-state index in [2.05, 4.69) is 21.5 Å². The van der Waals surface area contributed by atoms with Gasteiger partial charge in [0.15, 0.2) is 0 Å². The second-order valence-corrected chi connectivity index (χ2v) is 7.65. The molecule has 0 unspecified atom stereocenters. The Bertz CT molecular complexity index is 455. The summed E-state index contributed by atoms with van der Waals surface area (Å²) in [7, 11) is 0. The normalized spacial score (nSPS) is 15.8. The van der Waals surface area contributed by atoms with Crippen LogP contribution < -0.4 is 11.1 Å². The molecule has 0 aliphatic carbocycles. The zero-order valence-corrected chi connectivity index (χ0v) is 14.2. The van der Waals surface area contributed by atoms with Crippen molar-refractivity contribution in [2.75, 3.05) is 6.54 Å². The van der Waals surface area contributed by atoms with Crippen LogP contribution in [0.5, 0.6) is 0 Å². The van der Waals surface area contributed by atoms with Crippen LogP contribution in [-0.2, 0) is 9.59 Å². The number of terminal acetylenes is 1. The van der Waals surface area contributed by atoms with E-state index in [9.17, 15) is 9.59 Å². The van der Waals surface area contributed by atoms with Crippen molar-refractivity contribution in [1.29, 1.82) is 0 Å². The molecule has 1 heterocycles. The fourth-order valence-electron chi connectivity index (χ4n) is 1.76. The zero-order valence-electron chi connectivity index (χ0n) is 12.5. The number of carbonyl (C=O) groups is 2. The monoisotopic (exact) mass is 374 g/mol. The Morgan fingerprint density at radius 3 is 2.68 bits per heavy atom. The molecule has 1 rings (SSSR count). The third-order valence-corrected chi connectivity index (χ3v) is 5.40. The third-order valence-electron chi connectivity index (χ3n) is 3.26. The van der Waals surface area contributed by atoms with Gasteiger partial charge in [0, 0.05) is 0 Å². The van der Waals surface area contributed by atoms with Crippen molar-refractivity contribution in [2.45, 2.75) is 54.4 Å². The second-order valence-electron chi connectivity index (χ2n) is 5.08.